The van der Waals surface area contributed by atoms with E-state index in [1.165, 1.54) is 0 Å². The Balaban J connectivity index is 4.23. The van der Waals surface area contributed by atoms with E-state index in [1.54, 1.807) is 0 Å². The average Bonchev–Trinajstić information content (AvgIpc) is 2.58. The Morgan fingerprint density at radius 3 is 1.31 bits per heavy atom. The molecule has 0 aromatic rings. The fraction of sp³-hybridized carbons (Fsp3) is 1.00. The Labute approximate surface area is 179 Å². The molecule has 11 heteroatoms. The molecule has 0 saturated heterocycles. The second-order valence-corrected chi connectivity index (χ2v) is 21.6. The predicted octanol–water partition coefficient (Wildman–Crippen LogP) is 1.65. The normalized spacial score (nSPS) is 15.5. The van der Waals surface area contributed by atoms with Gasteiger partial charge in [-0.25, -0.2) is 0 Å². The maximum atomic E-state index is 9.28. The predicted molar refractivity (Wildman–Crippen MR) is 121 cm³/mol. The van der Waals surface area contributed by atoms with E-state index >= 15 is 0 Å². The van der Waals surface area contributed by atoms with Crippen molar-refractivity contribution in [1.29, 1.82) is 0 Å². The first kappa shape index (κ1) is 29.3. The first-order valence-electron chi connectivity index (χ1n) is 10.5. The van der Waals surface area contributed by atoms with Crippen LogP contribution < -0.4 is 0 Å². The van der Waals surface area contributed by atoms with Crippen molar-refractivity contribution in [2.24, 2.45) is 0 Å². The summed E-state index contributed by atoms with van der Waals surface area (Å²) in [5.41, 5.74) is 0. The van der Waals surface area contributed by atoms with E-state index in [0.717, 1.165) is 24.9 Å². The number of hydrogen-bond donors (Lipinski definition) is 4. The van der Waals surface area contributed by atoms with Crippen LogP contribution in [0.25, 0.3) is 0 Å². The molecule has 0 spiro atoms. The molecule has 0 aliphatic heterocycles. The molecule has 8 nitrogen and oxygen atoms in total. The van der Waals surface area contributed by atoms with Crippen LogP contribution in [0.5, 0.6) is 0 Å². The van der Waals surface area contributed by atoms with E-state index in [9.17, 15) is 10.2 Å². The maximum Gasteiger partial charge on any atom is 0.311 e. The number of aliphatic hydroxyl groups is 4. The summed E-state index contributed by atoms with van der Waals surface area (Å²) >= 11 is 0. The van der Waals surface area contributed by atoms with E-state index in [1.807, 2.05) is 0 Å². The molecular formula is C18H44O8Si3. The summed E-state index contributed by atoms with van der Waals surface area (Å²) in [6.07, 6.45) is 0.0986. The van der Waals surface area contributed by atoms with E-state index < -0.39 is 37.4 Å². The number of rotatable bonds is 18. The highest BCUT2D eigenvalue weighted by Crippen LogP contribution is 2.26. The van der Waals surface area contributed by atoms with Crippen LogP contribution in [0.1, 0.15) is 12.8 Å². The number of hydrogen-bond acceptors (Lipinski definition) is 8. The zero-order valence-corrected chi connectivity index (χ0v) is 22.1. The van der Waals surface area contributed by atoms with Crippen LogP contribution in [0.15, 0.2) is 0 Å². The minimum Gasteiger partial charge on any atom is -0.437 e. The van der Waals surface area contributed by atoms with E-state index in [2.05, 4.69) is 39.3 Å². The van der Waals surface area contributed by atoms with Crippen LogP contribution in [-0.2, 0) is 17.7 Å². The lowest BCUT2D eigenvalue weighted by molar-refractivity contribution is 0.00634. The molecule has 0 aliphatic carbocycles. The highest BCUT2D eigenvalue weighted by atomic mass is 28.5. The van der Waals surface area contributed by atoms with Gasteiger partial charge in [-0.05, 0) is 64.2 Å². The van der Waals surface area contributed by atoms with E-state index in [4.69, 9.17) is 27.9 Å². The summed E-state index contributed by atoms with van der Waals surface area (Å²) in [5, 5.41) is 36.1. The summed E-state index contributed by atoms with van der Waals surface area (Å²) < 4.78 is 23.8. The van der Waals surface area contributed by atoms with E-state index in [0.29, 0.717) is 13.2 Å². The fourth-order valence-corrected chi connectivity index (χ4v) is 17.2. The third-order valence-corrected chi connectivity index (χ3v) is 15.7. The van der Waals surface area contributed by atoms with Crippen molar-refractivity contribution in [3.63, 3.8) is 0 Å². The van der Waals surface area contributed by atoms with Gasteiger partial charge in [0.25, 0.3) is 0 Å². The standard InChI is InChI=1S/C18H44O8Si3/c1-27(2,11-7-9-23-15-17(21)13-19)25-29(5,6)26-28(3,4)12-8-10-24-16-18(22)14-20/h17-22H,7-16H2,1-6H3. The van der Waals surface area contributed by atoms with Gasteiger partial charge >= 0.3 is 8.56 Å². The lowest BCUT2D eigenvalue weighted by atomic mass is 10.4. The third kappa shape index (κ3) is 16.7. The minimum absolute atomic E-state index is 0.158. The van der Waals surface area contributed by atoms with Gasteiger partial charge in [-0.1, -0.05) is 0 Å². The van der Waals surface area contributed by atoms with Crippen LogP contribution in [0, 0.1) is 0 Å². The lowest BCUT2D eigenvalue weighted by Crippen LogP contribution is -2.52. The van der Waals surface area contributed by atoms with Gasteiger partial charge < -0.3 is 38.1 Å². The highest BCUT2D eigenvalue weighted by molar-refractivity contribution is 6.87. The van der Waals surface area contributed by atoms with Gasteiger partial charge in [-0.15, -0.1) is 0 Å². The topological polar surface area (TPSA) is 118 Å². The molecule has 0 aromatic heterocycles. The monoisotopic (exact) mass is 472 g/mol. The maximum absolute atomic E-state index is 9.28. The van der Waals surface area contributed by atoms with Crippen LogP contribution in [0.2, 0.25) is 51.4 Å². The van der Waals surface area contributed by atoms with Crippen LogP contribution in [0.4, 0.5) is 0 Å². The Morgan fingerprint density at radius 2 is 1.00 bits per heavy atom. The van der Waals surface area contributed by atoms with Crippen molar-refractivity contribution in [3.05, 3.63) is 0 Å². The molecule has 0 aliphatic rings. The minimum atomic E-state index is -2.26. The summed E-state index contributed by atoms with van der Waals surface area (Å²) in [6.45, 7) is 13.9. The first-order chi connectivity index (χ1) is 13.3. The van der Waals surface area contributed by atoms with E-state index in [-0.39, 0.29) is 26.4 Å². The molecule has 0 aromatic carbocycles. The van der Waals surface area contributed by atoms with Crippen molar-refractivity contribution in [1.82, 2.24) is 0 Å². The zero-order valence-electron chi connectivity index (χ0n) is 19.1. The van der Waals surface area contributed by atoms with Crippen LogP contribution in [-0.4, -0.2) is 97.5 Å². The quantitative estimate of drug-likeness (QED) is 0.176. The molecule has 0 heterocycles. The largest absolute Gasteiger partial charge is 0.437 e. The molecule has 0 rings (SSSR count). The Hall–Kier alpha value is 0.331. The van der Waals surface area contributed by atoms with Crippen molar-refractivity contribution in [3.8, 4) is 0 Å². The Kier molecular flexibility index (Phi) is 14.6. The molecular weight excluding hydrogens is 428 g/mol. The van der Waals surface area contributed by atoms with Crippen LogP contribution >= 0.6 is 0 Å². The summed E-state index contributed by atoms with van der Waals surface area (Å²) in [6, 6.07) is 1.90. The first-order valence-corrected chi connectivity index (χ1v) is 19.5. The van der Waals surface area contributed by atoms with Gasteiger partial charge in [0.05, 0.1) is 26.4 Å². The van der Waals surface area contributed by atoms with Gasteiger partial charge in [0, 0.05) is 13.2 Å². The van der Waals surface area contributed by atoms with Gasteiger partial charge in [0.1, 0.15) is 12.2 Å². The van der Waals surface area contributed by atoms with Crippen LogP contribution in [0.3, 0.4) is 0 Å². The number of aliphatic hydroxyl groups excluding tert-OH is 4. The SMILES string of the molecule is C[Si](C)(CCCOCC(O)CO)O[Si](C)(C)O[Si](C)(C)CCCOCC(O)CO. The average molecular weight is 473 g/mol. The highest BCUT2D eigenvalue weighted by Gasteiger charge is 2.39. The van der Waals surface area contributed by atoms with Crippen molar-refractivity contribution < 1.29 is 38.1 Å². The molecule has 2 atom stereocenters. The molecule has 4 N–H and O–H groups in total. The molecule has 0 radical (unpaired) electrons. The molecule has 176 valence electrons. The molecule has 2 unspecified atom stereocenters. The molecule has 0 saturated carbocycles. The van der Waals surface area contributed by atoms with Gasteiger partial charge in [0.15, 0.2) is 16.6 Å². The second-order valence-electron chi connectivity index (χ2n) is 9.15. The summed E-state index contributed by atoms with van der Waals surface area (Å²) in [5.74, 6) is 0. The van der Waals surface area contributed by atoms with Crippen molar-refractivity contribution in [2.45, 2.75) is 76.4 Å². The Bertz CT molecular complexity index is 388. The molecule has 29 heavy (non-hydrogen) atoms. The lowest BCUT2D eigenvalue weighted by Gasteiger charge is -2.38. The Morgan fingerprint density at radius 1 is 0.655 bits per heavy atom. The summed E-state index contributed by atoms with van der Waals surface area (Å²) in [4.78, 5) is 0. The zero-order chi connectivity index (χ0) is 22.6. The third-order valence-electron chi connectivity index (χ3n) is 4.22. The molecule has 0 amide bonds. The van der Waals surface area contributed by atoms with Crippen molar-refractivity contribution in [2.75, 3.05) is 39.6 Å². The van der Waals surface area contributed by atoms with Gasteiger partial charge in [0.2, 0.25) is 0 Å². The van der Waals surface area contributed by atoms with Gasteiger partial charge in [-0.3, -0.25) is 0 Å². The van der Waals surface area contributed by atoms with Gasteiger partial charge in [-0.2, -0.15) is 0 Å². The molecule has 0 bridgehead atoms. The van der Waals surface area contributed by atoms with Crippen molar-refractivity contribution >= 4 is 25.2 Å². The fourth-order valence-electron chi connectivity index (χ4n) is 3.20. The molecule has 0 fully saturated rings. The number of ether oxygens (including phenoxy) is 2. The summed E-state index contributed by atoms with van der Waals surface area (Å²) in [7, 11) is -6.05. The smallest absolute Gasteiger partial charge is 0.311 e. The second kappa shape index (κ2) is 14.4.